The number of benzene rings is 1. The molecule has 0 radical (unpaired) electrons. The molecule has 0 aliphatic carbocycles. The first-order valence-electron chi connectivity index (χ1n) is 4.14. The number of carboxylic acid groups (broad SMARTS) is 1. The Morgan fingerprint density at radius 2 is 2.00 bits per heavy atom. The summed E-state index contributed by atoms with van der Waals surface area (Å²) in [6.07, 6.45) is 0. The normalized spacial score (nSPS) is 9.47. The fourth-order valence-corrected chi connectivity index (χ4v) is 1.08. The van der Waals surface area contributed by atoms with Gasteiger partial charge in [-0.3, -0.25) is 4.79 Å². The number of carboxylic acids is 1. The maximum atomic E-state index is 10.8. The van der Waals surface area contributed by atoms with Gasteiger partial charge < -0.3 is 14.6 Å². The molecule has 0 fully saturated rings. The van der Waals surface area contributed by atoms with Crippen molar-refractivity contribution in [1.29, 1.82) is 0 Å². The highest BCUT2D eigenvalue weighted by Gasteiger charge is 2.12. The van der Waals surface area contributed by atoms with Gasteiger partial charge in [-0.15, -0.1) is 0 Å². The van der Waals surface area contributed by atoms with Crippen LogP contribution in [0.25, 0.3) is 0 Å². The smallest absolute Gasteiger partial charge is 0.339 e. The van der Waals surface area contributed by atoms with Crippen LogP contribution in [0.15, 0.2) is 18.2 Å². The molecular weight excluding hydrogens is 200 g/mol. The van der Waals surface area contributed by atoms with Gasteiger partial charge in [0.15, 0.2) is 0 Å². The zero-order valence-electron chi connectivity index (χ0n) is 8.31. The summed E-state index contributed by atoms with van der Waals surface area (Å²) in [4.78, 5) is 21.4. The van der Waals surface area contributed by atoms with E-state index < -0.39 is 11.9 Å². The van der Waals surface area contributed by atoms with Crippen molar-refractivity contribution in [3.8, 4) is 11.5 Å². The minimum absolute atomic E-state index is 0.0451. The van der Waals surface area contributed by atoms with Crippen molar-refractivity contribution < 1.29 is 24.2 Å². The van der Waals surface area contributed by atoms with E-state index in [0.29, 0.717) is 0 Å². The highest BCUT2D eigenvalue weighted by atomic mass is 16.5. The van der Waals surface area contributed by atoms with Crippen LogP contribution in [0.3, 0.4) is 0 Å². The number of ether oxygens (including phenoxy) is 2. The third-order valence-corrected chi connectivity index (χ3v) is 1.66. The number of esters is 1. The van der Waals surface area contributed by atoms with Gasteiger partial charge in [0.1, 0.15) is 17.1 Å². The standard InChI is InChI=1S/C10H10O5/c1-6(11)15-7-3-4-9(14-2)8(5-7)10(12)13/h3-5H,1-2H3,(H,12,13). The highest BCUT2D eigenvalue weighted by Crippen LogP contribution is 2.23. The summed E-state index contributed by atoms with van der Waals surface area (Å²) in [5, 5.41) is 8.83. The molecule has 0 atom stereocenters. The van der Waals surface area contributed by atoms with E-state index >= 15 is 0 Å². The fourth-order valence-electron chi connectivity index (χ4n) is 1.08. The lowest BCUT2D eigenvalue weighted by Gasteiger charge is -2.06. The van der Waals surface area contributed by atoms with Gasteiger partial charge in [0.05, 0.1) is 7.11 Å². The van der Waals surface area contributed by atoms with Crippen LogP contribution in [0.5, 0.6) is 11.5 Å². The summed E-state index contributed by atoms with van der Waals surface area (Å²) in [7, 11) is 1.37. The minimum atomic E-state index is -1.14. The Kier molecular flexibility index (Phi) is 3.28. The van der Waals surface area contributed by atoms with Crippen LogP contribution in [0.1, 0.15) is 17.3 Å². The molecule has 0 saturated carbocycles. The average Bonchev–Trinajstić information content (AvgIpc) is 2.16. The van der Waals surface area contributed by atoms with Crippen LogP contribution in [-0.4, -0.2) is 24.2 Å². The molecule has 5 nitrogen and oxygen atoms in total. The Balaban J connectivity index is 3.10. The van der Waals surface area contributed by atoms with Gasteiger partial charge >= 0.3 is 11.9 Å². The lowest BCUT2D eigenvalue weighted by Crippen LogP contribution is -2.04. The molecule has 0 heterocycles. The number of rotatable bonds is 3. The second kappa shape index (κ2) is 4.45. The molecule has 1 rings (SSSR count). The largest absolute Gasteiger partial charge is 0.496 e. The molecule has 0 aliphatic rings. The summed E-state index contributed by atoms with van der Waals surface area (Å²) in [6.45, 7) is 1.24. The molecule has 5 heteroatoms. The molecule has 1 N–H and O–H groups in total. The van der Waals surface area contributed by atoms with Crippen molar-refractivity contribution in [3.05, 3.63) is 23.8 Å². The van der Waals surface area contributed by atoms with Gasteiger partial charge in [0.2, 0.25) is 0 Å². The predicted octanol–water partition coefficient (Wildman–Crippen LogP) is 1.32. The van der Waals surface area contributed by atoms with E-state index in [0.717, 1.165) is 0 Å². The Bertz CT molecular complexity index is 397. The summed E-state index contributed by atoms with van der Waals surface area (Å²) in [6, 6.07) is 4.14. The zero-order chi connectivity index (χ0) is 11.4. The lowest BCUT2D eigenvalue weighted by molar-refractivity contribution is -0.131. The van der Waals surface area contributed by atoms with E-state index in [1.54, 1.807) is 0 Å². The van der Waals surface area contributed by atoms with Gasteiger partial charge in [-0.25, -0.2) is 4.79 Å². The van der Waals surface area contributed by atoms with Crippen molar-refractivity contribution in [2.45, 2.75) is 6.92 Å². The molecule has 0 aromatic heterocycles. The molecule has 0 bridgehead atoms. The lowest BCUT2D eigenvalue weighted by atomic mass is 10.2. The van der Waals surface area contributed by atoms with Crippen LogP contribution >= 0.6 is 0 Å². The van der Waals surface area contributed by atoms with Crippen LogP contribution in [-0.2, 0) is 4.79 Å². The van der Waals surface area contributed by atoms with E-state index in [9.17, 15) is 9.59 Å². The number of hydrogen-bond acceptors (Lipinski definition) is 4. The molecule has 0 amide bonds. The summed E-state index contributed by atoms with van der Waals surface area (Å²) in [5.41, 5.74) is -0.0451. The number of carbonyl (C=O) groups is 2. The zero-order valence-corrected chi connectivity index (χ0v) is 8.31. The van der Waals surface area contributed by atoms with Crippen molar-refractivity contribution >= 4 is 11.9 Å². The van der Waals surface area contributed by atoms with E-state index in [-0.39, 0.29) is 17.1 Å². The Morgan fingerprint density at radius 3 is 2.47 bits per heavy atom. The molecule has 15 heavy (non-hydrogen) atoms. The monoisotopic (exact) mass is 210 g/mol. The number of hydrogen-bond donors (Lipinski definition) is 1. The van der Waals surface area contributed by atoms with Crippen LogP contribution < -0.4 is 9.47 Å². The second-order valence-electron chi connectivity index (χ2n) is 2.76. The maximum Gasteiger partial charge on any atom is 0.339 e. The van der Waals surface area contributed by atoms with Crippen LogP contribution in [0, 0.1) is 0 Å². The van der Waals surface area contributed by atoms with E-state index in [1.807, 2.05) is 0 Å². The summed E-state index contributed by atoms with van der Waals surface area (Å²) >= 11 is 0. The second-order valence-corrected chi connectivity index (χ2v) is 2.76. The third kappa shape index (κ3) is 2.70. The van der Waals surface area contributed by atoms with Crippen molar-refractivity contribution in [2.75, 3.05) is 7.11 Å². The molecule has 1 aromatic carbocycles. The fraction of sp³-hybridized carbons (Fsp3) is 0.200. The quantitative estimate of drug-likeness (QED) is 0.601. The molecule has 0 spiro atoms. The van der Waals surface area contributed by atoms with Gasteiger partial charge in [0.25, 0.3) is 0 Å². The van der Waals surface area contributed by atoms with Gasteiger partial charge in [0, 0.05) is 6.92 Å². The topological polar surface area (TPSA) is 72.8 Å². The molecule has 0 aliphatic heterocycles. The number of methoxy groups -OCH3 is 1. The van der Waals surface area contributed by atoms with Crippen molar-refractivity contribution in [2.24, 2.45) is 0 Å². The van der Waals surface area contributed by atoms with E-state index in [2.05, 4.69) is 0 Å². The molecule has 0 saturated heterocycles. The molecular formula is C10H10O5. The third-order valence-electron chi connectivity index (χ3n) is 1.66. The minimum Gasteiger partial charge on any atom is -0.496 e. The van der Waals surface area contributed by atoms with E-state index in [4.69, 9.17) is 14.6 Å². The molecule has 1 aromatic rings. The van der Waals surface area contributed by atoms with E-state index in [1.165, 1.54) is 32.2 Å². The number of carbonyl (C=O) groups excluding carboxylic acids is 1. The Labute approximate surface area is 86.2 Å². The highest BCUT2D eigenvalue weighted by molar-refractivity contribution is 5.91. The average molecular weight is 210 g/mol. The van der Waals surface area contributed by atoms with Crippen LogP contribution in [0.2, 0.25) is 0 Å². The first kappa shape index (κ1) is 11.0. The van der Waals surface area contributed by atoms with Gasteiger partial charge in [-0.05, 0) is 18.2 Å². The maximum absolute atomic E-state index is 10.8. The van der Waals surface area contributed by atoms with Crippen molar-refractivity contribution in [3.63, 3.8) is 0 Å². The predicted molar refractivity (Wildman–Crippen MR) is 51.3 cm³/mol. The SMILES string of the molecule is COc1ccc(OC(C)=O)cc1C(=O)O. The molecule has 80 valence electrons. The first-order chi connectivity index (χ1) is 7.04. The molecule has 0 unspecified atom stereocenters. The summed E-state index contributed by atoms with van der Waals surface area (Å²) < 4.78 is 9.59. The Morgan fingerprint density at radius 1 is 1.33 bits per heavy atom. The van der Waals surface area contributed by atoms with Gasteiger partial charge in [-0.1, -0.05) is 0 Å². The first-order valence-corrected chi connectivity index (χ1v) is 4.14. The van der Waals surface area contributed by atoms with Crippen LogP contribution in [0.4, 0.5) is 0 Å². The number of aromatic carboxylic acids is 1. The summed E-state index contributed by atoms with van der Waals surface area (Å²) in [5.74, 6) is -1.24. The van der Waals surface area contributed by atoms with Gasteiger partial charge in [-0.2, -0.15) is 0 Å². The van der Waals surface area contributed by atoms with Crippen molar-refractivity contribution in [1.82, 2.24) is 0 Å². The Hall–Kier alpha value is -2.04.